The largest absolute Gasteiger partial charge is 0.483 e. The van der Waals surface area contributed by atoms with Crippen LogP contribution in [0.3, 0.4) is 0 Å². The van der Waals surface area contributed by atoms with Gasteiger partial charge in [0.25, 0.3) is 18.3 Å². The average Bonchev–Trinajstić information content (AvgIpc) is 3.98. The first-order valence-corrected chi connectivity index (χ1v) is 26.6. The zero-order valence-corrected chi connectivity index (χ0v) is 47.5. The Bertz CT molecular complexity index is 1940. The molecular weight excluding hydrogens is 981 g/mol. The Morgan fingerprint density at radius 1 is 0.803 bits per heavy atom. The first-order chi connectivity index (χ1) is 36.4. The molecule has 2 aromatic rings. The summed E-state index contributed by atoms with van der Waals surface area (Å²) in [6.45, 7) is 19.4. The number of nitrogens with one attached hydrogen (secondary N) is 1. The summed E-state index contributed by atoms with van der Waals surface area (Å²) in [5.41, 5.74) is 6.10. The van der Waals surface area contributed by atoms with Gasteiger partial charge < -0.3 is 49.6 Å². The van der Waals surface area contributed by atoms with Crippen LogP contribution in [-0.2, 0) is 58.9 Å². The van der Waals surface area contributed by atoms with Crippen LogP contribution in [0, 0.1) is 23.7 Å². The van der Waals surface area contributed by atoms with Crippen LogP contribution in [0.5, 0.6) is 0 Å². The Hall–Kier alpha value is -5.35. The molecule has 6 amide bonds. The standard InChI is InChI=1S/C51H79N5O11.C3H8.CH3NO.CH2O2/c1-11-36(4)47(43(62-9)33-44(57)55-23-17-22-42(55)48(63-10)38(6)37(5)32-39-18-13-12-14-19-39)54(8)45(58)34-52-49(59)46(35(2)3)53(7)24-25-64-26-27-65-28-29-66-30-31-67-56-50(60)40-20-15-16-21-41(40)51(56)61;1-3-2;2*2-1-3/h12-16,18-21,35-38,42-43,46-48H,11,17,22-34H2,1-10H3,(H,52,59);3H2,1-2H3;1H,(H2,2,3);1H,(H,2,3). The Morgan fingerprint density at radius 3 is 1.82 bits per heavy atom. The highest BCUT2D eigenvalue weighted by atomic mass is 16.7. The number of nitrogens with two attached hydrogens (primary N) is 1. The normalized spacial score (nSPS) is 16.6. The van der Waals surface area contributed by atoms with Gasteiger partial charge in [0.1, 0.15) is 0 Å². The summed E-state index contributed by atoms with van der Waals surface area (Å²) in [6, 6.07) is 16.1. The lowest BCUT2D eigenvalue weighted by Crippen LogP contribution is -2.55. The van der Waals surface area contributed by atoms with Gasteiger partial charge in [-0.1, -0.05) is 111 Å². The summed E-state index contributed by atoms with van der Waals surface area (Å²) >= 11 is 0. The molecule has 2 aromatic carbocycles. The van der Waals surface area contributed by atoms with Crippen molar-refractivity contribution in [2.24, 2.45) is 29.4 Å². The number of hydrogen-bond acceptors (Lipinski definition) is 14. The topological polar surface area (TPSA) is 246 Å². The number of carbonyl (C=O) groups excluding carboxylic acids is 6. The van der Waals surface area contributed by atoms with Crippen LogP contribution in [-0.4, -0.2) is 192 Å². The summed E-state index contributed by atoms with van der Waals surface area (Å²) in [5, 5.41) is 10.5. The molecule has 0 bridgehead atoms. The Balaban J connectivity index is 0.00000299. The molecule has 4 N–H and O–H groups in total. The van der Waals surface area contributed by atoms with Gasteiger partial charge in [-0.25, -0.2) is 0 Å². The lowest BCUT2D eigenvalue weighted by Gasteiger charge is -2.40. The van der Waals surface area contributed by atoms with Crippen molar-refractivity contribution < 1.29 is 67.2 Å². The molecule has 20 heteroatoms. The number of likely N-dealkylation sites (N-methyl/N-ethyl adjacent to an activating group) is 2. The molecule has 20 nitrogen and oxygen atoms in total. The predicted octanol–water partition coefficient (Wildman–Crippen LogP) is 5.35. The molecule has 76 heavy (non-hydrogen) atoms. The quantitative estimate of drug-likeness (QED) is 0.0489. The maximum atomic E-state index is 14.2. The number of likely N-dealkylation sites (tertiary alicyclic amines) is 1. The fourth-order valence-corrected chi connectivity index (χ4v) is 9.46. The molecule has 0 aromatic heterocycles. The molecule has 0 spiro atoms. The monoisotopic (exact) mass is 1070 g/mol. The number of carboxylic acid groups (broad SMARTS) is 1. The van der Waals surface area contributed by atoms with Crippen molar-refractivity contribution in [2.45, 2.75) is 124 Å². The van der Waals surface area contributed by atoms with E-state index in [1.54, 1.807) is 50.4 Å². The second-order valence-corrected chi connectivity index (χ2v) is 19.3. The number of hydroxylamine groups is 2. The molecule has 8 atom stereocenters. The van der Waals surface area contributed by atoms with Crippen molar-refractivity contribution in [3.8, 4) is 0 Å². The molecular formula is C56H92N6O14. The van der Waals surface area contributed by atoms with Crippen molar-refractivity contribution in [3.05, 3.63) is 71.3 Å². The number of nitrogens with zero attached hydrogens (tertiary/aromatic N) is 4. The van der Waals surface area contributed by atoms with E-state index < -0.39 is 30.0 Å². The summed E-state index contributed by atoms with van der Waals surface area (Å²) in [4.78, 5) is 94.2. The van der Waals surface area contributed by atoms with Crippen LogP contribution in [0.15, 0.2) is 54.6 Å². The minimum atomic E-state index is -0.551. The van der Waals surface area contributed by atoms with Crippen molar-refractivity contribution in [1.82, 2.24) is 25.1 Å². The highest BCUT2D eigenvalue weighted by Gasteiger charge is 2.42. The maximum absolute atomic E-state index is 14.2. The zero-order chi connectivity index (χ0) is 57.2. The van der Waals surface area contributed by atoms with E-state index >= 15 is 0 Å². The number of carbonyl (C=O) groups is 7. The molecule has 0 radical (unpaired) electrons. The van der Waals surface area contributed by atoms with Gasteiger partial charge in [-0.3, -0.25) is 43.3 Å². The predicted molar refractivity (Wildman–Crippen MR) is 290 cm³/mol. The van der Waals surface area contributed by atoms with Gasteiger partial charge in [-0.15, -0.1) is 5.06 Å². The third kappa shape index (κ3) is 22.7. The van der Waals surface area contributed by atoms with E-state index in [-0.39, 0.29) is 86.7 Å². The Morgan fingerprint density at radius 2 is 1.32 bits per heavy atom. The summed E-state index contributed by atoms with van der Waals surface area (Å²) in [5.74, 6) is -0.957. The fourth-order valence-electron chi connectivity index (χ4n) is 9.46. The zero-order valence-electron chi connectivity index (χ0n) is 47.5. The maximum Gasteiger partial charge on any atom is 0.290 e. The molecule has 0 aliphatic carbocycles. The second-order valence-electron chi connectivity index (χ2n) is 19.3. The fraction of sp³-hybridized carbons (Fsp3) is 0.661. The van der Waals surface area contributed by atoms with E-state index in [0.717, 1.165) is 30.7 Å². The van der Waals surface area contributed by atoms with Crippen LogP contribution < -0.4 is 11.1 Å². The molecule has 8 unspecified atom stereocenters. The van der Waals surface area contributed by atoms with Gasteiger partial charge >= 0.3 is 0 Å². The summed E-state index contributed by atoms with van der Waals surface area (Å²) in [6.07, 6.45) is 4.43. The summed E-state index contributed by atoms with van der Waals surface area (Å²) < 4.78 is 29.1. The highest BCUT2D eigenvalue weighted by Crippen LogP contribution is 2.32. The molecule has 430 valence electrons. The third-order valence-electron chi connectivity index (χ3n) is 13.5. The van der Waals surface area contributed by atoms with Crippen LogP contribution in [0.2, 0.25) is 0 Å². The van der Waals surface area contributed by atoms with Gasteiger partial charge in [0.2, 0.25) is 24.1 Å². The number of hydrogen-bond donors (Lipinski definition) is 3. The van der Waals surface area contributed by atoms with Gasteiger partial charge in [0.15, 0.2) is 0 Å². The van der Waals surface area contributed by atoms with E-state index in [1.165, 1.54) is 12.0 Å². The van der Waals surface area contributed by atoms with Gasteiger partial charge in [-0.2, -0.15) is 0 Å². The minimum Gasteiger partial charge on any atom is -0.483 e. The number of ether oxygens (including phenoxy) is 5. The number of imide groups is 1. The van der Waals surface area contributed by atoms with E-state index in [1.807, 2.05) is 36.8 Å². The van der Waals surface area contributed by atoms with E-state index in [4.69, 9.17) is 43.2 Å². The van der Waals surface area contributed by atoms with Crippen molar-refractivity contribution in [3.63, 3.8) is 0 Å². The lowest BCUT2D eigenvalue weighted by molar-refractivity contribution is -0.144. The molecule has 2 aliphatic heterocycles. The highest BCUT2D eigenvalue weighted by molar-refractivity contribution is 6.20. The minimum absolute atomic E-state index is 0.00420. The average molecular weight is 1070 g/mol. The smallest absolute Gasteiger partial charge is 0.290 e. The number of rotatable bonds is 31. The SMILES string of the molecule is CCC.CCC(C)C(C(CC(=O)N1CCCC1C(OC)C(C)C(C)Cc1ccccc1)OC)N(C)C(=O)CNC(=O)C(C(C)C)N(C)CCOCCOCCOCCON1C(=O)c2ccccc2C1=O.NC=O.O=CO. The van der Waals surface area contributed by atoms with Gasteiger partial charge in [-0.05, 0) is 67.7 Å². The summed E-state index contributed by atoms with van der Waals surface area (Å²) in [7, 11) is 6.94. The number of fused-ring (bicyclic) bond motifs is 1. The van der Waals surface area contributed by atoms with Crippen molar-refractivity contribution in [1.29, 1.82) is 0 Å². The van der Waals surface area contributed by atoms with E-state index in [2.05, 4.69) is 76.9 Å². The number of benzene rings is 2. The van der Waals surface area contributed by atoms with Crippen molar-refractivity contribution >= 4 is 42.4 Å². The number of primary amides is 1. The van der Waals surface area contributed by atoms with Crippen LogP contribution in [0.25, 0.3) is 0 Å². The van der Waals surface area contributed by atoms with Crippen LogP contribution in [0.4, 0.5) is 0 Å². The third-order valence-corrected chi connectivity index (χ3v) is 13.5. The molecule has 2 aliphatic rings. The lowest BCUT2D eigenvalue weighted by atomic mass is 9.82. The van der Waals surface area contributed by atoms with E-state index in [0.29, 0.717) is 63.2 Å². The van der Waals surface area contributed by atoms with Crippen molar-refractivity contribution in [2.75, 3.05) is 94.2 Å². The molecule has 1 saturated heterocycles. The number of methoxy groups -OCH3 is 2. The molecule has 1 fully saturated rings. The van der Waals surface area contributed by atoms with Crippen LogP contribution in [0.1, 0.15) is 114 Å². The van der Waals surface area contributed by atoms with Gasteiger partial charge in [0, 0.05) is 34.4 Å². The van der Waals surface area contributed by atoms with E-state index in [9.17, 15) is 24.0 Å². The Kier molecular flexibility index (Phi) is 35.3. The van der Waals surface area contributed by atoms with Crippen LogP contribution >= 0.6 is 0 Å². The number of amides is 6. The van der Waals surface area contributed by atoms with Gasteiger partial charge in [0.05, 0.1) is 101 Å². The molecule has 0 saturated carbocycles. The molecule has 2 heterocycles. The first kappa shape index (κ1) is 68.7. The Labute approximate surface area is 452 Å². The first-order valence-electron chi connectivity index (χ1n) is 26.6. The second kappa shape index (κ2) is 39.1. The molecule has 4 rings (SSSR count).